The van der Waals surface area contributed by atoms with E-state index in [0.717, 1.165) is 10.0 Å². The number of benzene rings is 1. The van der Waals surface area contributed by atoms with Crippen LogP contribution in [0.1, 0.15) is 32.1 Å². The van der Waals surface area contributed by atoms with E-state index in [9.17, 15) is 9.59 Å². The van der Waals surface area contributed by atoms with Gasteiger partial charge in [-0.1, -0.05) is 6.07 Å². The lowest BCUT2D eigenvalue weighted by molar-refractivity contribution is 0.0696. The first-order chi connectivity index (χ1) is 11.4. The Hall–Kier alpha value is -2.67. The number of carbonyl (C=O) groups is 2. The van der Waals surface area contributed by atoms with E-state index < -0.39 is 5.97 Å². The van der Waals surface area contributed by atoms with Gasteiger partial charge in [0.05, 0.1) is 11.3 Å². The number of carbonyl (C=O) groups excluding carboxylic acids is 1. The molecule has 2 aromatic heterocycles. The predicted octanol–water partition coefficient (Wildman–Crippen LogP) is 3.66. The third-order valence-corrected chi connectivity index (χ3v) is 4.17. The Labute approximate surface area is 146 Å². The highest BCUT2D eigenvalue weighted by molar-refractivity contribution is 9.10. The van der Waals surface area contributed by atoms with Crippen LogP contribution in [0.25, 0.3) is 5.65 Å². The molecule has 0 saturated heterocycles. The maximum atomic E-state index is 12.7. The quantitative estimate of drug-likeness (QED) is 0.717. The first kappa shape index (κ1) is 16.2. The number of hydrogen-bond donors (Lipinski definition) is 2. The monoisotopic (exact) mass is 387 g/mol. The molecule has 0 radical (unpaired) electrons. The molecule has 3 aromatic rings. The molecule has 2 heterocycles. The second kappa shape index (κ2) is 6.09. The highest BCUT2D eigenvalue weighted by Gasteiger charge is 2.18. The van der Waals surface area contributed by atoms with Crippen LogP contribution < -0.4 is 5.32 Å². The van der Waals surface area contributed by atoms with Crippen molar-refractivity contribution in [3.63, 3.8) is 0 Å². The van der Waals surface area contributed by atoms with E-state index in [4.69, 9.17) is 5.11 Å². The number of aromatic carboxylic acids is 1. The molecule has 0 fully saturated rings. The first-order valence-electron chi connectivity index (χ1n) is 7.16. The third kappa shape index (κ3) is 2.90. The van der Waals surface area contributed by atoms with Crippen molar-refractivity contribution in [2.45, 2.75) is 13.8 Å². The molecule has 1 aromatic carbocycles. The second-order valence-electron chi connectivity index (χ2n) is 5.41. The minimum absolute atomic E-state index is 0.119. The summed E-state index contributed by atoms with van der Waals surface area (Å²) in [6.07, 6.45) is 1.77. The van der Waals surface area contributed by atoms with E-state index >= 15 is 0 Å². The zero-order valence-electron chi connectivity index (χ0n) is 13.0. The summed E-state index contributed by atoms with van der Waals surface area (Å²) in [5, 5.41) is 11.9. The molecule has 3 rings (SSSR count). The number of amides is 1. The van der Waals surface area contributed by atoms with Crippen molar-refractivity contribution >= 4 is 39.1 Å². The van der Waals surface area contributed by atoms with Crippen LogP contribution in [0.15, 0.2) is 41.0 Å². The largest absolute Gasteiger partial charge is 0.478 e. The molecule has 0 unspecified atom stereocenters. The average molecular weight is 388 g/mol. The van der Waals surface area contributed by atoms with Crippen LogP contribution in [-0.4, -0.2) is 26.4 Å². The van der Waals surface area contributed by atoms with Crippen molar-refractivity contribution in [1.82, 2.24) is 9.38 Å². The predicted molar refractivity (Wildman–Crippen MR) is 93.7 cm³/mol. The molecule has 122 valence electrons. The first-order valence-corrected chi connectivity index (χ1v) is 7.95. The fraction of sp³-hybridized carbons (Fsp3) is 0.118. The van der Waals surface area contributed by atoms with Crippen molar-refractivity contribution in [3.05, 3.63) is 63.5 Å². The zero-order chi connectivity index (χ0) is 17.4. The number of carboxylic acids is 1. The van der Waals surface area contributed by atoms with Crippen LogP contribution in [0.5, 0.6) is 0 Å². The van der Waals surface area contributed by atoms with Gasteiger partial charge in [-0.2, -0.15) is 0 Å². The van der Waals surface area contributed by atoms with Crippen LogP contribution >= 0.6 is 15.9 Å². The van der Waals surface area contributed by atoms with Gasteiger partial charge in [0.15, 0.2) is 0 Å². The smallest absolute Gasteiger partial charge is 0.335 e. The number of imidazole rings is 1. The Kier molecular flexibility index (Phi) is 4.11. The number of carboxylic acid groups (broad SMARTS) is 1. The number of pyridine rings is 1. The summed E-state index contributed by atoms with van der Waals surface area (Å²) >= 11 is 3.38. The lowest BCUT2D eigenvalue weighted by Gasteiger charge is -2.10. The molecule has 0 aliphatic heterocycles. The summed E-state index contributed by atoms with van der Waals surface area (Å²) in [6.45, 7) is 3.57. The van der Waals surface area contributed by atoms with Gasteiger partial charge in [-0.05, 0) is 59.6 Å². The normalized spacial score (nSPS) is 10.8. The van der Waals surface area contributed by atoms with Gasteiger partial charge in [-0.25, -0.2) is 9.78 Å². The summed E-state index contributed by atoms with van der Waals surface area (Å²) in [4.78, 5) is 28.2. The SMILES string of the molecule is Cc1ccc(C(=O)O)cc1NC(=O)c1c(C)nc2ccc(Br)cn12. The number of rotatable bonds is 3. The minimum atomic E-state index is -1.04. The lowest BCUT2D eigenvalue weighted by atomic mass is 10.1. The van der Waals surface area contributed by atoms with Gasteiger partial charge in [0, 0.05) is 16.4 Å². The van der Waals surface area contributed by atoms with Gasteiger partial charge in [0.25, 0.3) is 5.91 Å². The van der Waals surface area contributed by atoms with E-state index in [2.05, 4.69) is 26.2 Å². The summed E-state index contributed by atoms with van der Waals surface area (Å²) in [7, 11) is 0. The second-order valence-corrected chi connectivity index (χ2v) is 6.33. The Morgan fingerprint density at radius 1 is 1.21 bits per heavy atom. The van der Waals surface area contributed by atoms with Crippen LogP contribution in [0.4, 0.5) is 5.69 Å². The third-order valence-electron chi connectivity index (χ3n) is 3.70. The number of nitrogens with zero attached hydrogens (tertiary/aromatic N) is 2. The Morgan fingerprint density at radius 2 is 1.96 bits per heavy atom. The lowest BCUT2D eigenvalue weighted by Crippen LogP contribution is -2.16. The molecule has 2 N–H and O–H groups in total. The molecule has 7 heteroatoms. The number of nitrogens with one attached hydrogen (secondary N) is 1. The Bertz CT molecular complexity index is 979. The molecule has 24 heavy (non-hydrogen) atoms. The maximum Gasteiger partial charge on any atom is 0.335 e. The van der Waals surface area contributed by atoms with Crippen molar-refractivity contribution in [3.8, 4) is 0 Å². The molecule has 6 nitrogen and oxygen atoms in total. The standard InChI is InChI=1S/C17H14BrN3O3/c1-9-3-4-11(17(23)24)7-13(9)20-16(22)15-10(2)19-14-6-5-12(18)8-21(14)15/h3-8H,1-2H3,(H,20,22)(H,23,24). The van der Waals surface area contributed by atoms with Gasteiger partial charge in [0.2, 0.25) is 0 Å². The van der Waals surface area contributed by atoms with Crippen molar-refractivity contribution in [1.29, 1.82) is 0 Å². The zero-order valence-corrected chi connectivity index (χ0v) is 14.6. The number of halogens is 1. The molecule has 0 saturated carbocycles. The van der Waals surface area contributed by atoms with Gasteiger partial charge in [-0.3, -0.25) is 9.20 Å². The maximum absolute atomic E-state index is 12.7. The fourth-order valence-corrected chi connectivity index (χ4v) is 2.82. The molecule has 0 spiro atoms. The van der Waals surface area contributed by atoms with Gasteiger partial charge < -0.3 is 10.4 Å². The molecule has 0 aliphatic carbocycles. The Balaban J connectivity index is 2.02. The van der Waals surface area contributed by atoms with Gasteiger partial charge in [0.1, 0.15) is 11.3 Å². The molecular formula is C17H14BrN3O3. The van der Waals surface area contributed by atoms with Crippen LogP contribution in [0.3, 0.4) is 0 Å². The summed E-state index contributed by atoms with van der Waals surface area (Å²) in [6, 6.07) is 8.28. The van der Waals surface area contributed by atoms with Crippen LogP contribution in [-0.2, 0) is 0 Å². The van der Waals surface area contributed by atoms with Crippen molar-refractivity contribution in [2.24, 2.45) is 0 Å². The molecular weight excluding hydrogens is 374 g/mol. The van der Waals surface area contributed by atoms with Crippen molar-refractivity contribution < 1.29 is 14.7 Å². The van der Waals surface area contributed by atoms with E-state index in [1.165, 1.54) is 12.1 Å². The minimum Gasteiger partial charge on any atom is -0.478 e. The van der Waals surface area contributed by atoms with E-state index in [0.29, 0.717) is 22.7 Å². The van der Waals surface area contributed by atoms with E-state index in [-0.39, 0.29) is 11.5 Å². The Morgan fingerprint density at radius 3 is 2.67 bits per heavy atom. The van der Waals surface area contributed by atoms with Gasteiger partial charge in [-0.15, -0.1) is 0 Å². The van der Waals surface area contributed by atoms with Gasteiger partial charge >= 0.3 is 5.97 Å². The molecule has 1 amide bonds. The van der Waals surface area contributed by atoms with Crippen LogP contribution in [0, 0.1) is 13.8 Å². The number of anilines is 1. The fourth-order valence-electron chi connectivity index (χ4n) is 2.48. The summed E-state index contributed by atoms with van der Waals surface area (Å²) in [5.41, 5.74) is 3.03. The average Bonchev–Trinajstić information content (AvgIpc) is 2.84. The van der Waals surface area contributed by atoms with E-state index in [1.54, 1.807) is 30.5 Å². The van der Waals surface area contributed by atoms with E-state index in [1.807, 2.05) is 12.1 Å². The number of aromatic nitrogens is 2. The molecule has 0 atom stereocenters. The number of fused-ring (bicyclic) bond motifs is 1. The summed E-state index contributed by atoms with van der Waals surface area (Å²) < 4.78 is 2.52. The summed E-state index contributed by atoms with van der Waals surface area (Å²) in [5.74, 6) is -1.39. The molecule has 0 bridgehead atoms. The number of hydrogen-bond acceptors (Lipinski definition) is 3. The number of aryl methyl sites for hydroxylation is 2. The van der Waals surface area contributed by atoms with Crippen molar-refractivity contribution in [2.75, 3.05) is 5.32 Å². The topological polar surface area (TPSA) is 83.7 Å². The molecule has 0 aliphatic rings. The highest BCUT2D eigenvalue weighted by atomic mass is 79.9. The van der Waals surface area contributed by atoms with Crippen LogP contribution in [0.2, 0.25) is 0 Å². The highest BCUT2D eigenvalue weighted by Crippen LogP contribution is 2.21.